The van der Waals surface area contributed by atoms with Gasteiger partial charge < -0.3 is 15.4 Å². The molecule has 2 N–H and O–H groups in total. The second-order valence-corrected chi connectivity index (χ2v) is 6.43. The molecule has 132 valence electrons. The van der Waals surface area contributed by atoms with Crippen molar-refractivity contribution in [2.75, 3.05) is 7.11 Å². The van der Waals surface area contributed by atoms with Gasteiger partial charge in [-0.25, -0.2) is 9.59 Å². The number of amides is 2. The van der Waals surface area contributed by atoms with Gasteiger partial charge in [-0.05, 0) is 18.4 Å². The summed E-state index contributed by atoms with van der Waals surface area (Å²) in [5.41, 5.74) is 0.985. The molecule has 0 heterocycles. The van der Waals surface area contributed by atoms with Crippen LogP contribution in [0.4, 0.5) is 4.79 Å². The van der Waals surface area contributed by atoms with E-state index >= 15 is 0 Å². The Bertz CT molecular complexity index is 511. The Morgan fingerprint density at radius 3 is 2.33 bits per heavy atom. The fourth-order valence-corrected chi connectivity index (χ4v) is 3.17. The predicted octanol–water partition coefficient (Wildman–Crippen LogP) is 3.18. The van der Waals surface area contributed by atoms with Crippen molar-refractivity contribution in [3.8, 4) is 0 Å². The summed E-state index contributed by atoms with van der Waals surface area (Å²) in [5, 5.41) is 5.80. The SMILES string of the molecule is COC(=O)[C@H](Cc1ccccc1)NC(=O)NC1CCCCCCC1. The van der Waals surface area contributed by atoms with Gasteiger partial charge >= 0.3 is 12.0 Å². The lowest BCUT2D eigenvalue weighted by Gasteiger charge is -2.23. The number of hydrogen-bond donors (Lipinski definition) is 2. The monoisotopic (exact) mass is 332 g/mol. The maximum Gasteiger partial charge on any atom is 0.328 e. The van der Waals surface area contributed by atoms with Crippen molar-refractivity contribution in [3.05, 3.63) is 35.9 Å². The summed E-state index contributed by atoms with van der Waals surface area (Å²) in [6, 6.07) is 8.86. The van der Waals surface area contributed by atoms with Gasteiger partial charge in [0.2, 0.25) is 0 Å². The van der Waals surface area contributed by atoms with Crippen LogP contribution in [0.5, 0.6) is 0 Å². The van der Waals surface area contributed by atoms with E-state index in [9.17, 15) is 9.59 Å². The number of carbonyl (C=O) groups excluding carboxylic acids is 2. The predicted molar refractivity (Wildman–Crippen MR) is 93.7 cm³/mol. The zero-order valence-electron chi connectivity index (χ0n) is 14.4. The summed E-state index contributed by atoms with van der Waals surface area (Å²) >= 11 is 0. The second-order valence-electron chi connectivity index (χ2n) is 6.43. The molecular weight excluding hydrogens is 304 g/mol. The third-order valence-corrected chi connectivity index (χ3v) is 4.51. The van der Waals surface area contributed by atoms with Crippen LogP contribution in [0, 0.1) is 0 Å². The summed E-state index contributed by atoms with van der Waals surface area (Å²) in [7, 11) is 1.34. The van der Waals surface area contributed by atoms with Crippen molar-refractivity contribution in [3.63, 3.8) is 0 Å². The highest BCUT2D eigenvalue weighted by molar-refractivity contribution is 5.83. The highest BCUT2D eigenvalue weighted by Gasteiger charge is 2.23. The van der Waals surface area contributed by atoms with Crippen LogP contribution in [-0.2, 0) is 16.0 Å². The van der Waals surface area contributed by atoms with Crippen molar-refractivity contribution in [2.45, 2.75) is 63.5 Å². The first-order valence-corrected chi connectivity index (χ1v) is 8.88. The van der Waals surface area contributed by atoms with Gasteiger partial charge in [0, 0.05) is 12.5 Å². The first-order chi connectivity index (χ1) is 11.7. The lowest BCUT2D eigenvalue weighted by Crippen LogP contribution is -2.50. The summed E-state index contributed by atoms with van der Waals surface area (Å²) in [4.78, 5) is 24.3. The molecule has 1 aromatic carbocycles. The minimum atomic E-state index is -0.675. The number of carbonyl (C=O) groups is 2. The second kappa shape index (κ2) is 9.96. The van der Waals surface area contributed by atoms with Crippen LogP contribution in [0.1, 0.15) is 50.5 Å². The van der Waals surface area contributed by atoms with Gasteiger partial charge in [0.05, 0.1) is 7.11 Å². The number of methoxy groups -OCH3 is 1. The van der Waals surface area contributed by atoms with Crippen LogP contribution in [0.15, 0.2) is 30.3 Å². The molecule has 1 aliphatic rings. The average Bonchev–Trinajstić information content (AvgIpc) is 2.57. The van der Waals surface area contributed by atoms with Crippen molar-refractivity contribution in [1.82, 2.24) is 10.6 Å². The van der Waals surface area contributed by atoms with Gasteiger partial charge in [-0.3, -0.25) is 0 Å². The van der Waals surface area contributed by atoms with E-state index in [0.717, 1.165) is 31.2 Å². The Kier molecular flexibility index (Phi) is 7.59. The largest absolute Gasteiger partial charge is 0.467 e. The standard InChI is InChI=1S/C19H28N2O3/c1-24-18(22)17(14-15-10-6-5-7-11-15)21-19(23)20-16-12-8-3-2-4-9-13-16/h5-7,10-11,16-17H,2-4,8-9,12-14H2,1H3,(H2,20,21,23)/t17-/m0/s1. The Morgan fingerprint density at radius 1 is 1.08 bits per heavy atom. The van der Waals surface area contributed by atoms with E-state index in [1.807, 2.05) is 30.3 Å². The maximum absolute atomic E-state index is 12.3. The zero-order valence-corrected chi connectivity index (χ0v) is 14.4. The third-order valence-electron chi connectivity index (χ3n) is 4.51. The fourth-order valence-electron chi connectivity index (χ4n) is 3.17. The van der Waals surface area contributed by atoms with Crippen molar-refractivity contribution >= 4 is 12.0 Å². The molecule has 0 spiro atoms. The molecule has 1 fully saturated rings. The topological polar surface area (TPSA) is 67.4 Å². The number of urea groups is 1. The lowest BCUT2D eigenvalue weighted by atomic mass is 9.97. The molecule has 1 saturated carbocycles. The van der Waals surface area contributed by atoms with Crippen LogP contribution in [0.25, 0.3) is 0 Å². The summed E-state index contributed by atoms with van der Waals surface area (Å²) in [6.45, 7) is 0. The molecular formula is C19H28N2O3. The first kappa shape index (κ1) is 18.3. The van der Waals surface area contributed by atoms with Gasteiger partial charge in [-0.2, -0.15) is 0 Å². The summed E-state index contributed by atoms with van der Waals surface area (Å²) in [5.74, 6) is -0.424. The van der Waals surface area contributed by atoms with E-state index in [1.165, 1.54) is 26.4 Å². The highest BCUT2D eigenvalue weighted by Crippen LogP contribution is 2.17. The van der Waals surface area contributed by atoms with E-state index < -0.39 is 12.0 Å². The van der Waals surface area contributed by atoms with E-state index in [2.05, 4.69) is 10.6 Å². The molecule has 0 radical (unpaired) electrons. The molecule has 0 aromatic heterocycles. The molecule has 1 aliphatic carbocycles. The molecule has 2 rings (SSSR count). The van der Waals surface area contributed by atoms with Gasteiger partial charge in [0.25, 0.3) is 0 Å². The van der Waals surface area contributed by atoms with Gasteiger partial charge in [0.15, 0.2) is 0 Å². The van der Waals surface area contributed by atoms with Crippen molar-refractivity contribution in [2.24, 2.45) is 0 Å². The average molecular weight is 332 g/mol. The lowest BCUT2D eigenvalue weighted by molar-refractivity contribution is -0.142. The van der Waals surface area contributed by atoms with Crippen molar-refractivity contribution in [1.29, 1.82) is 0 Å². The van der Waals surface area contributed by atoms with E-state index in [1.54, 1.807) is 0 Å². The molecule has 0 unspecified atom stereocenters. The number of esters is 1. The molecule has 0 saturated heterocycles. The van der Waals surface area contributed by atoms with E-state index in [0.29, 0.717) is 6.42 Å². The molecule has 5 heteroatoms. The van der Waals surface area contributed by atoms with Crippen LogP contribution in [-0.4, -0.2) is 31.2 Å². The van der Waals surface area contributed by atoms with Gasteiger partial charge in [-0.15, -0.1) is 0 Å². The molecule has 5 nitrogen and oxygen atoms in total. The van der Waals surface area contributed by atoms with Crippen LogP contribution < -0.4 is 10.6 Å². The summed E-state index contributed by atoms with van der Waals surface area (Å²) < 4.78 is 4.83. The number of benzene rings is 1. The highest BCUT2D eigenvalue weighted by atomic mass is 16.5. The molecule has 0 aliphatic heterocycles. The van der Waals surface area contributed by atoms with Gasteiger partial charge in [-0.1, -0.05) is 62.4 Å². The number of ether oxygens (including phenoxy) is 1. The Morgan fingerprint density at radius 2 is 1.71 bits per heavy atom. The third kappa shape index (κ3) is 6.22. The van der Waals surface area contributed by atoms with Gasteiger partial charge in [0.1, 0.15) is 6.04 Å². The number of rotatable bonds is 5. The van der Waals surface area contributed by atoms with E-state index in [4.69, 9.17) is 4.74 Å². The van der Waals surface area contributed by atoms with Crippen LogP contribution in [0.3, 0.4) is 0 Å². The molecule has 1 atom stereocenters. The number of hydrogen-bond acceptors (Lipinski definition) is 3. The molecule has 1 aromatic rings. The van der Waals surface area contributed by atoms with Crippen molar-refractivity contribution < 1.29 is 14.3 Å². The normalized spacial score (nSPS) is 17.2. The molecule has 2 amide bonds. The number of nitrogens with one attached hydrogen (secondary N) is 2. The zero-order chi connectivity index (χ0) is 17.2. The Labute approximate surface area is 144 Å². The van der Waals surface area contributed by atoms with Crippen LogP contribution >= 0.6 is 0 Å². The smallest absolute Gasteiger partial charge is 0.328 e. The quantitative estimate of drug-likeness (QED) is 0.814. The summed E-state index contributed by atoms with van der Waals surface area (Å²) in [6.07, 6.45) is 8.50. The minimum Gasteiger partial charge on any atom is -0.467 e. The van der Waals surface area contributed by atoms with E-state index in [-0.39, 0.29) is 12.1 Å². The molecule has 24 heavy (non-hydrogen) atoms. The fraction of sp³-hybridized carbons (Fsp3) is 0.579. The maximum atomic E-state index is 12.3. The first-order valence-electron chi connectivity index (χ1n) is 8.88. The Balaban J connectivity index is 1.90. The molecule has 0 bridgehead atoms. The van der Waals surface area contributed by atoms with Crippen LogP contribution in [0.2, 0.25) is 0 Å². The minimum absolute atomic E-state index is 0.195. The Hall–Kier alpha value is -2.04.